The Morgan fingerprint density at radius 1 is 1.19 bits per heavy atom. The number of nitrogens with two attached hydrogens (primary N) is 1. The summed E-state index contributed by atoms with van der Waals surface area (Å²) in [5, 5.41) is 8.60. The van der Waals surface area contributed by atoms with E-state index in [0.717, 1.165) is 27.7 Å². The van der Waals surface area contributed by atoms with Gasteiger partial charge in [0.15, 0.2) is 0 Å². The predicted molar refractivity (Wildman–Crippen MR) is 67.0 cm³/mol. The molecule has 0 amide bonds. The number of nitrogen functional groups attached to an aromatic ring is 1. The number of fused-ring (bicyclic) bond motifs is 1. The number of hydrogen-bond acceptors (Lipinski definition) is 2. The summed E-state index contributed by atoms with van der Waals surface area (Å²) in [5.41, 5.74) is 10.5. The molecule has 0 atom stereocenters. The number of rotatable bonds is 1. The van der Waals surface area contributed by atoms with E-state index in [1.165, 1.54) is 5.56 Å². The van der Waals surface area contributed by atoms with Gasteiger partial charge >= 0.3 is 0 Å². The van der Waals surface area contributed by atoms with Crippen molar-refractivity contribution in [1.82, 2.24) is 4.98 Å². The van der Waals surface area contributed by atoms with Gasteiger partial charge < -0.3 is 5.73 Å². The van der Waals surface area contributed by atoms with Crippen LogP contribution in [0.5, 0.6) is 0 Å². The first-order valence-electron chi connectivity index (χ1n) is 5.22. The molecule has 2 aromatic rings. The number of nitrogens with zero attached hydrogens (tertiary/aromatic N) is 1. The second kappa shape index (κ2) is 3.59. The van der Waals surface area contributed by atoms with Crippen molar-refractivity contribution in [1.29, 1.82) is 5.41 Å². The quantitative estimate of drug-likeness (QED) is 0.564. The third-order valence-corrected chi connectivity index (χ3v) is 2.67. The highest BCUT2D eigenvalue weighted by atomic mass is 14.7. The number of aryl methyl sites for hydroxylation is 3. The van der Waals surface area contributed by atoms with E-state index in [1.54, 1.807) is 0 Å². The molecular formula is C13H15N3. The molecule has 0 aliphatic heterocycles. The fraction of sp³-hybridized carbons (Fsp3) is 0.231. The maximum atomic E-state index is 7.61. The van der Waals surface area contributed by atoms with Gasteiger partial charge in [-0.3, -0.25) is 10.4 Å². The van der Waals surface area contributed by atoms with Crippen molar-refractivity contribution < 1.29 is 0 Å². The maximum Gasteiger partial charge on any atom is 0.123 e. The zero-order valence-corrected chi connectivity index (χ0v) is 9.76. The molecule has 3 N–H and O–H groups in total. The van der Waals surface area contributed by atoms with Crippen molar-refractivity contribution in [2.75, 3.05) is 0 Å². The Morgan fingerprint density at radius 2 is 1.88 bits per heavy atom. The van der Waals surface area contributed by atoms with Gasteiger partial charge in [0.1, 0.15) is 5.84 Å². The molecule has 0 radical (unpaired) electrons. The molecule has 3 heteroatoms. The Bertz CT molecular complexity index is 580. The zero-order chi connectivity index (χ0) is 11.9. The highest BCUT2D eigenvalue weighted by Gasteiger charge is 2.09. The number of amidine groups is 1. The van der Waals surface area contributed by atoms with Gasteiger partial charge in [-0.1, -0.05) is 6.07 Å². The van der Waals surface area contributed by atoms with E-state index in [-0.39, 0.29) is 5.84 Å². The molecule has 2 rings (SSSR count). The normalized spacial score (nSPS) is 10.7. The number of aromatic nitrogens is 1. The second-order valence-corrected chi connectivity index (χ2v) is 4.20. The van der Waals surface area contributed by atoms with Gasteiger partial charge in [0.05, 0.1) is 5.52 Å². The minimum atomic E-state index is 0.0995. The SMILES string of the molecule is Cc1cc(C)c2c(C(=N)N)cc(C)nc2c1. The summed E-state index contributed by atoms with van der Waals surface area (Å²) >= 11 is 0. The van der Waals surface area contributed by atoms with Crippen LogP contribution in [-0.4, -0.2) is 10.8 Å². The van der Waals surface area contributed by atoms with E-state index in [1.807, 2.05) is 32.9 Å². The summed E-state index contributed by atoms with van der Waals surface area (Å²) in [6.45, 7) is 5.99. The number of pyridine rings is 1. The van der Waals surface area contributed by atoms with Crippen LogP contribution in [0.2, 0.25) is 0 Å². The third-order valence-electron chi connectivity index (χ3n) is 2.67. The maximum absolute atomic E-state index is 7.61. The number of hydrogen-bond donors (Lipinski definition) is 2. The van der Waals surface area contributed by atoms with E-state index in [0.29, 0.717) is 0 Å². The lowest BCUT2D eigenvalue weighted by molar-refractivity contribution is 1.23. The largest absolute Gasteiger partial charge is 0.384 e. The van der Waals surface area contributed by atoms with Gasteiger partial charge in [0.2, 0.25) is 0 Å². The molecular weight excluding hydrogens is 198 g/mol. The van der Waals surface area contributed by atoms with E-state index < -0.39 is 0 Å². The molecule has 1 heterocycles. The summed E-state index contributed by atoms with van der Waals surface area (Å²) in [6, 6.07) is 5.99. The second-order valence-electron chi connectivity index (χ2n) is 4.20. The average Bonchev–Trinajstić information content (AvgIpc) is 2.14. The zero-order valence-electron chi connectivity index (χ0n) is 9.76. The molecule has 1 aromatic heterocycles. The van der Waals surface area contributed by atoms with Gasteiger partial charge in [-0.25, -0.2) is 0 Å². The highest BCUT2D eigenvalue weighted by Crippen LogP contribution is 2.23. The van der Waals surface area contributed by atoms with E-state index in [2.05, 4.69) is 11.1 Å². The minimum Gasteiger partial charge on any atom is -0.384 e. The predicted octanol–water partition coefficient (Wildman–Crippen LogP) is 2.44. The number of nitrogens with one attached hydrogen (secondary N) is 1. The van der Waals surface area contributed by atoms with Crippen LogP contribution in [0.3, 0.4) is 0 Å². The monoisotopic (exact) mass is 213 g/mol. The van der Waals surface area contributed by atoms with Gasteiger partial charge in [0.25, 0.3) is 0 Å². The molecule has 0 fully saturated rings. The Labute approximate surface area is 94.8 Å². The lowest BCUT2D eigenvalue weighted by Gasteiger charge is -2.10. The molecule has 3 nitrogen and oxygen atoms in total. The molecule has 0 saturated heterocycles. The Hall–Kier alpha value is -1.90. The van der Waals surface area contributed by atoms with E-state index >= 15 is 0 Å². The average molecular weight is 213 g/mol. The first-order valence-corrected chi connectivity index (χ1v) is 5.22. The summed E-state index contributed by atoms with van der Waals surface area (Å²) in [4.78, 5) is 4.49. The van der Waals surface area contributed by atoms with Crippen molar-refractivity contribution >= 4 is 16.7 Å². The summed E-state index contributed by atoms with van der Waals surface area (Å²) in [7, 11) is 0. The van der Waals surface area contributed by atoms with Crippen molar-refractivity contribution in [3.63, 3.8) is 0 Å². The van der Waals surface area contributed by atoms with Crippen LogP contribution < -0.4 is 5.73 Å². The van der Waals surface area contributed by atoms with Gasteiger partial charge in [-0.05, 0) is 44.0 Å². The Kier molecular flexibility index (Phi) is 2.38. The van der Waals surface area contributed by atoms with Crippen molar-refractivity contribution in [2.24, 2.45) is 5.73 Å². The molecule has 1 aromatic carbocycles. The molecule has 0 aliphatic carbocycles. The molecule has 0 saturated carbocycles. The smallest absolute Gasteiger partial charge is 0.123 e. The standard InChI is InChI=1S/C13H15N3/c1-7-4-8(2)12-10(13(14)15)6-9(3)16-11(12)5-7/h4-6H,1-3H3,(H3,14,15). The summed E-state index contributed by atoms with van der Waals surface area (Å²) in [5.74, 6) is 0.0995. The lowest BCUT2D eigenvalue weighted by atomic mass is 10.00. The van der Waals surface area contributed by atoms with Crippen molar-refractivity contribution in [3.05, 3.63) is 40.6 Å². The van der Waals surface area contributed by atoms with Crippen LogP contribution in [-0.2, 0) is 0 Å². The fourth-order valence-corrected chi connectivity index (χ4v) is 2.10. The van der Waals surface area contributed by atoms with E-state index in [9.17, 15) is 0 Å². The fourth-order valence-electron chi connectivity index (χ4n) is 2.10. The van der Waals surface area contributed by atoms with Gasteiger partial charge in [0, 0.05) is 16.6 Å². The van der Waals surface area contributed by atoms with Crippen LogP contribution in [0.4, 0.5) is 0 Å². The molecule has 82 valence electrons. The lowest BCUT2D eigenvalue weighted by Crippen LogP contribution is -2.13. The van der Waals surface area contributed by atoms with E-state index in [4.69, 9.17) is 11.1 Å². The summed E-state index contributed by atoms with van der Waals surface area (Å²) < 4.78 is 0. The number of benzene rings is 1. The van der Waals surface area contributed by atoms with Crippen LogP contribution in [0.1, 0.15) is 22.4 Å². The highest BCUT2D eigenvalue weighted by molar-refractivity contribution is 6.07. The van der Waals surface area contributed by atoms with Crippen LogP contribution >= 0.6 is 0 Å². The molecule has 0 bridgehead atoms. The first-order chi connectivity index (χ1) is 7.49. The van der Waals surface area contributed by atoms with Crippen LogP contribution in [0, 0.1) is 26.2 Å². The topological polar surface area (TPSA) is 62.8 Å². The van der Waals surface area contributed by atoms with Crippen molar-refractivity contribution in [2.45, 2.75) is 20.8 Å². The third kappa shape index (κ3) is 1.65. The summed E-state index contributed by atoms with van der Waals surface area (Å²) in [6.07, 6.45) is 0. The van der Waals surface area contributed by atoms with Gasteiger partial charge in [-0.15, -0.1) is 0 Å². The molecule has 0 unspecified atom stereocenters. The van der Waals surface area contributed by atoms with Crippen molar-refractivity contribution in [3.8, 4) is 0 Å². The Balaban J connectivity index is 2.95. The van der Waals surface area contributed by atoms with Gasteiger partial charge in [-0.2, -0.15) is 0 Å². The van der Waals surface area contributed by atoms with Crippen LogP contribution in [0.25, 0.3) is 10.9 Å². The molecule has 0 aliphatic rings. The molecule has 16 heavy (non-hydrogen) atoms. The van der Waals surface area contributed by atoms with Crippen LogP contribution in [0.15, 0.2) is 18.2 Å². The Morgan fingerprint density at radius 3 is 2.50 bits per heavy atom. The minimum absolute atomic E-state index is 0.0995. The first kappa shape index (κ1) is 10.6. The molecule has 0 spiro atoms.